The van der Waals surface area contributed by atoms with Gasteiger partial charge in [-0.05, 0) is 44.0 Å². The second-order valence-corrected chi connectivity index (χ2v) is 5.20. The first kappa shape index (κ1) is 13.7. The second kappa shape index (κ2) is 5.94. The van der Waals surface area contributed by atoms with Gasteiger partial charge in [0.2, 0.25) is 0 Å². The van der Waals surface area contributed by atoms with Crippen LogP contribution in [0, 0.1) is 0 Å². The molecule has 0 aromatic heterocycles. The van der Waals surface area contributed by atoms with Gasteiger partial charge in [-0.2, -0.15) is 0 Å². The Kier molecular flexibility index (Phi) is 4.52. The molecule has 1 saturated heterocycles. The van der Waals surface area contributed by atoms with Crippen molar-refractivity contribution in [3.63, 3.8) is 0 Å². The molecule has 0 aliphatic carbocycles. The van der Waals surface area contributed by atoms with Crippen molar-refractivity contribution >= 4 is 12.4 Å². The van der Waals surface area contributed by atoms with Crippen LogP contribution >= 0.6 is 12.4 Å². The Morgan fingerprint density at radius 2 is 2.17 bits per heavy atom. The molecule has 0 spiro atoms. The van der Waals surface area contributed by atoms with Gasteiger partial charge in [-0.1, -0.05) is 25.1 Å². The Bertz CT molecular complexity index is 394. The maximum absolute atomic E-state index is 5.93. The molecule has 3 heteroatoms. The van der Waals surface area contributed by atoms with E-state index in [0.717, 1.165) is 12.4 Å². The van der Waals surface area contributed by atoms with E-state index in [9.17, 15) is 0 Å². The lowest BCUT2D eigenvalue weighted by Crippen LogP contribution is -2.49. The minimum atomic E-state index is 0. The molecule has 0 unspecified atom stereocenters. The maximum Gasteiger partial charge on any atom is 0.122 e. The average Bonchev–Trinajstić information content (AvgIpc) is 2.39. The summed E-state index contributed by atoms with van der Waals surface area (Å²) in [5, 5.41) is 0. The van der Waals surface area contributed by atoms with Crippen molar-refractivity contribution in [2.75, 3.05) is 19.7 Å². The zero-order valence-electron chi connectivity index (χ0n) is 11.0. The van der Waals surface area contributed by atoms with Crippen molar-refractivity contribution in [1.82, 2.24) is 4.90 Å². The number of hydrogen-bond donors (Lipinski definition) is 0. The normalized spacial score (nSPS) is 26.5. The van der Waals surface area contributed by atoms with Crippen molar-refractivity contribution in [1.29, 1.82) is 0 Å². The van der Waals surface area contributed by atoms with E-state index < -0.39 is 0 Å². The summed E-state index contributed by atoms with van der Waals surface area (Å²) in [6.07, 6.45) is 3.89. The van der Waals surface area contributed by atoms with Crippen LogP contribution in [0.25, 0.3) is 0 Å². The van der Waals surface area contributed by atoms with Crippen LogP contribution in [0.3, 0.4) is 0 Å². The van der Waals surface area contributed by atoms with Gasteiger partial charge >= 0.3 is 0 Å². The summed E-state index contributed by atoms with van der Waals surface area (Å²) in [7, 11) is 0. The van der Waals surface area contributed by atoms with Gasteiger partial charge in [-0.15, -0.1) is 12.4 Å². The number of halogens is 1. The molecule has 3 rings (SSSR count). The molecule has 0 N–H and O–H groups in total. The monoisotopic (exact) mass is 267 g/mol. The highest BCUT2D eigenvalue weighted by molar-refractivity contribution is 5.85. The molecule has 0 amide bonds. The van der Waals surface area contributed by atoms with Crippen LogP contribution in [0.15, 0.2) is 24.3 Å². The van der Waals surface area contributed by atoms with Crippen LogP contribution < -0.4 is 4.74 Å². The first-order valence-electron chi connectivity index (χ1n) is 6.86. The highest BCUT2D eigenvalue weighted by atomic mass is 35.5. The molecule has 0 bridgehead atoms. The number of benzene rings is 1. The number of hydrogen-bond acceptors (Lipinski definition) is 2. The highest BCUT2D eigenvalue weighted by Crippen LogP contribution is 2.40. The highest BCUT2D eigenvalue weighted by Gasteiger charge is 2.36. The van der Waals surface area contributed by atoms with Crippen molar-refractivity contribution in [2.24, 2.45) is 0 Å². The molecule has 100 valence electrons. The van der Waals surface area contributed by atoms with Gasteiger partial charge in [-0.25, -0.2) is 0 Å². The summed E-state index contributed by atoms with van der Waals surface area (Å²) < 4.78 is 5.93. The van der Waals surface area contributed by atoms with Crippen molar-refractivity contribution < 1.29 is 4.74 Å². The second-order valence-electron chi connectivity index (χ2n) is 5.20. The molecular formula is C15H22ClNO. The van der Waals surface area contributed by atoms with Gasteiger partial charge in [0.25, 0.3) is 0 Å². The average molecular weight is 268 g/mol. The SMILES string of the molecule is CCCN1CCC[C@H]2c3ccccc3OC[C@@H]21.Cl. The lowest BCUT2D eigenvalue weighted by atomic mass is 9.82. The van der Waals surface area contributed by atoms with E-state index in [0.29, 0.717) is 12.0 Å². The first-order chi connectivity index (χ1) is 8.40. The topological polar surface area (TPSA) is 12.5 Å². The van der Waals surface area contributed by atoms with Crippen LogP contribution in [0.5, 0.6) is 5.75 Å². The summed E-state index contributed by atoms with van der Waals surface area (Å²) in [5.41, 5.74) is 1.43. The number of ether oxygens (including phenoxy) is 1. The minimum absolute atomic E-state index is 0. The molecule has 2 aliphatic rings. The lowest BCUT2D eigenvalue weighted by molar-refractivity contribution is 0.0659. The van der Waals surface area contributed by atoms with Crippen LogP contribution in [-0.2, 0) is 0 Å². The summed E-state index contributed by atoms with van der Waals surface area (Å²) in [5.74, 6) is 1.81. The predicted molar refractivity (Wildman–Crippen MR) is 76.8 cm³/mol. The molecule has 0 saturated carbocycles. The third-order valence-corrected chi connectivity index (χ3v) is 4.13. The molecule has 1 aromatic carbocycles. The van der Waals surface area contributed by atoms with E-state index >= 15 is 0 Å². The van der Waals surface area contributed by atoms with E-state index in [-0.39, 0.29) is 12.4 Å². The summed E-state index contributed by atoms with van der Waals surface area (Å²) in [6, 6.07) is 9.19. The fraction of sp³-hybridized carbons (Fsp3) is 0.600. The molecule has 2 nitrogen and oxygen atoms in total. The molecule has 1 aromatic rings. The van der Waals surface area contributed by atoms with Crippen LogP contribution in [0.2, 0.25) is 0 Å². The van der Waals surface area contributed by atoms with Crippen LogP contribution in [0.1, 0.15) is 37.7 Å². The van der Waals surface area contributed by atoms with Crippen molar-refractivity contribution in [3.05, 3.63) is 29.8 Å². The number of fused-ring (bicyclic) bond motifs is 3. The van der Waals surface area contributed by atoms with Crippen LogP contribution in [0.4, 0.5) is 0 Å². The quantitative estimate of drug-likeness (QED) is 0.814. The fourth-order valence-corrected chi connectivity index (χ4v) is 3.37. The van der Waals surface area contributed by atoms with E-state index in [1.54, 1.807) is 0 Å². The van der Waals surface area contributed by atoms with Gasteiger partial charge in [0.05, 0.1) is 6.04 Å². The van der Waals surface area contributed by atoms with Gasteiger partial charge in [-0.3, -0.25) is 4.90 Å². The lowest BCUT2D eigenvalue weighted by Gasteiger charge is -2.44. The van der Waals surface area contributed by atoms with Crippen molar-refractivity contribution in [2.45, 2.75) is 38.1 Å². The van der Waals surface area contributed by atoms with Gasteiger partial charge < -0.3 is 4.74 Å². The molecule has 1 fully saturated rings. The van der Waals surface area contributed by atoms with Gasteiger partial charge in [0.15, 0.2) is 0 Å². The first-order valence-corrected chi connectivity index (χ1v) is 6.86. The Hall–Kier alpha value is -0.730. The smallest absolute Gasteiger partial charge is 0.122 e. The summed E-state index contributed by atoms with van der Waals surface area (Å²) in [4.78, 5) is 2.63. The zero-order chi connectivity index (χ0) is 11.7. The van der Waals surface area contributed by atoms with Crippen molar-refractivity contribution in [3.8, 4) is 5.75 Å². The molecule has 2 atom stereocenters. The Labute approximate surface area is 116 Å². The summed E-state index contributed by atoms with van der Waals surface area (Å²) in [6.45, 7) is 5.61. The van der Waals surface area contributed by atoms with Gasteiger partial charge in [0.1, 0.15) is 12.4 Å². The Balaban J connectivity index is 0.00000120. The fourth-order valence-electron chi connectivity index (χ4n) is 3.37. The third kappa shape index (κ3) is 2.36. The molecule has 2 aliphatic heterocycles. The number of piperidine rings is 1. The van der Waals surface area contributed by atoms with Crippen LogP contribution in [-0.4, -0.2) is 30.6 Å². The molecular weight excluding hydrogens is 246 g/mol. The minimum Gasteiger partial charge on any atom is -0.492 e. The number of para-hydroxylation sites is 1. The Morgan fingerprint density at radius 1 is 1.33 bits per heavy atom. The number of likely N-dealkylation sites (tertiary alicyclic amines) is 1. The third-order valence-electron chi connectivity index (χ3n) is 4.13. The predicted octanol–water partition coefficient (Wildman–Crippen LogP) is 3.46. The largest absolute Gasteiger partial charge is 0.492 e. The van der Waals surface area contributed by atoms with E-state index in [4.69, 9.17) is 4.74 Å². The Morgan fingerprint density at radius 3 is 3.00 bits per heavy atom. The van der Waals surface area contributed by atoms with E-state index in [2.05, 4.69) is 36.1 Å². The summed E-state index contributed by atoms with van der Waals surface area (Å²) >= 11 is 0. The molecule has 18 heavy (non-hydrogen) atoms. The zero-order valence-corrected chi connectivity index (χ0v) is 11.8. The standard InChI is InChI=1S/C15H21NO.ClH/c1-2-9-16-10-5-7-12-13-6-3-4-8-15(13)17-11-14(12)16;/h3-4,6,8,12,14H,2,5,7,9-11H2,1H3;1H/t12-,14-;/m0./s1. The number of rotatable bonds is 2. The maximum atomic E-state index is 5.93. The van der Waals surface area contributed by atoms with E-state index in [1.165, 1.54) is 37.9 Å². The molecule has 2 heterocycles. The molecule has 0 radical (unpaired) electrons. The van der Waals surface area contributed by atoms with E-state index in [1.807, 2.05) is 0 Å². The number of nitrogens with zero attached hydrogens (tertiary/aromatic N) is 1. The van der Waals surface area contributed by atoms with Gasteiger partial charge in [0, 0.05) is 5.92 Å².